The maximum Gasteiger partial charge on any atom is 0.238 e. The van der Waals surface area contributed by atoms with E-state index >= 15 is 0 Å². The Balaban J connectivity index is 2.03. The fourth-order valence-corrected chi connectivity index (χ4v) is 1.88. The van der Waals surface area contributed by atoms with E-state index in [1.807, 2.05) is 18.2 Å². The third-order valence-electron chi connectivity index (χ3n) is 2.02. The summed E-state index contributed by atoms with van der Waals surface area (Å²) < 4.78 is 9.92. The minimum absolute atomic E-state index is 0.472. The number of nitrogens with zero attached hydrogens (tertiary/aromatic N) is 4. The van der Waals surface area contributed by atoms with E-state index in [2.05, 4.69) is 19.8 Å². The van der Waals surface area contributed by atoms with Crippen molar-refractivity contribution in [2.45, 2.75) is 0 Å². The second-order valence-corrected chi connectivity index (χ2v) is 3.83. The molecule has 0 amide bonds. The molecule has 0 N–H and O–H groups in total. The van der Waals surface area contributed by atoms with Gasteiger partial charge in [-0.05, 0) is 29.7 Å². The zero-order valence-corrected chi connectivity index (χ0v) is 8.89. The number of azo groups is 1. The van der Waals surface area contributed by atoms with Gasteiger partial charge < -0.3 is 4.42 Å². The summed E-state index contributed by atoms with van der Waals surface area (Å²) in [6, 6.07) is 9.20. The maximum atomic E-state index is 5.05. The van der Waals surface area contributed by atoms with E-state index in [4.69, 9.17) is 4.42 Å². The lowest BCUT2D eigenvalue weighted by molar-refractivity contribution is 0.572. The fourth-order valence-electron chi connectivity index (χ4n) is 1.30. The second kappa shape index (κ2) is 3.82. The minimum Gasteiger partial charge on any atom is -0.445 e. The molecule has 6 heteroatoms. The largest absolute Gasteiger partial charge is 0.445 e. The molecule has 5 nitrogen and oxygen atoms in total. The van der Waals surface area contributed by atoms with Gasteiger partial charge in [-0.1, -0.05) is 10.6 Å². The molecule has 0 spiro atoms. The van der Waals surface area contributed by atoms with Gasteiger partial charge in [0.25, 0.3) is 0 Å². The standard InChI is InChI=1S/C10H6N4OS/c1-3-7(10-8(4-1)16-14-13-10)11-12-9-5-2-6-15-9/h1-6H. The quantitative estimate of drug-likeness (QED) is 0.630. The third-order valence-corrected chi connectivity index (χ3v) is 2.71. The van der Waals surface area contributed by atoms with Gasteiger partial charge in [0.2, 0.25) is 5.88 Å². The predicted octanol–water partition coefficient (Wildman–Crippen LogP) is 3.70. The number of furan rings is 1. The molecule has 3 rings (SSSR count). The van der Waals surface area contributed by atoms with Gasteiger partial charge in [-0.15, -0.1) is 15.3 Å². The first kappa shape index (κ1) is 9.17. The molecule has 16 heavy (non-hydrogen) atoms. The zero-order valence-electron chi connectivity index (χ0n) is 8.07. The van der Waals surface area contributed by atoms with Crippen LogP contribution in [0.4, 0.5) is 11.6 Å². The monoisotopic (exact) mass is 230 g/mol. The van der Waals surface area contributed by atoms with Crippen molar-refractivity contribution in [3.63, 3.8) is 0 Å². The van der Waals surface area contributed by atoms with E-state index < -0.39 is 0 Å². The van der Waals surface area contributed by atoms with E-state index in [-0.39, 0.29) is 0 Å². The second-order valence-electron chi connectivity index (χ2n) is 3.05. The normalized spacial score (nSPS) is 11.5. The van der Waals surface area contributed by atoms with Crippen molar-refractivity contribution in [3.05, 3.63) is 36.6 Å². The number of rotatable bonds is 2. The summed E-state index contributed by atoms with van der Waals surface area (Å²) in [6.07, 6.45) is 1.55. The Morgan fingerprint density at radius 2 is 2.12 bits per heavy atom. The highest BCUT2D eigenvalue weighted by molar-refractivity contribution is 7.13. The summed E-state index contributed by atoms with van der Waals surface area (Å²) in [4.78, 5) is 0. The van der Waals surface area contributed by atoms with E-state index in [1.54, 1.807) is 18.4 Å². The number of hydrogen-bond acceptors (Lipinski definition) is 6. The SMILES string of the molecule is c1coc(N=Nc2cccc3snnc23)c1. The molecule has 0 aliphatic heterocycles. The molecule has 0 atom stereocenters. The van der Waals surface area contributed by atoms with Crippen LogP contribution >= 0.6 is 11.5 Å². The van der Waals surface area contributed by atoms with Crippen LogP contribution < -0.4 is 0 Å². The molecule has 0 fully saturated rings. The summed E-state index contributed by atoms with van der Waals surface area (Å²) in [5.41, 5.74) is 1.46. The van der Waals surface area contributed by atoms with Crippen LogP contribution in [-0.4, -0.2) is 9.59 Å². The van der Waals surface area contributed by atoms with Crippen LogP contribution in [0, 0.1) is 0 Å². The summed E-state index contributed by atoms with van der Waals surface area (Å²) in [6.45, 7) is 0. The number of hydrogen-bond donors (Lipinski definition) is 0. The first-order valence-electron chi connectivity index (χ1n) is 4.60. The molecule has 0 radical (unpaired) electrons. The van der Waals surface area contributed by atoms with Crippen LogP contribution in [0.25, 0.3) is 10.2 Å². The molecule has 78 valence electrons. The van der Waals surface area contributed by atoms with Crippen LogP contribution in [0.15, 0.2) is 51.2 Å². The lowest BCUT2D eigenvalue weighted by Gasteiger charge is -1.91. The topological polar surface area (TPSA) is 63.6 Å². The molecule has 0 aliphatic carbocycles. The molecule has 0 saturated carbocycles. The third kappa shape index (κ3) is 1.59. The van der Waals surface area contributed by atoms with Crippen LogP contribution in [0.3, 0.4) is 0 Å². The molecule has 0 bridgehead atoms. The summed E-state index contributed by atoms with van der Waals surface area (Å²) in [5.74, 6) is 0.472. The highest BCUT2D eigenvalue weighted by Gasteiger charge is 2.03. The Kier molecular flexibility index (Phi) is 2.19. The predicted molar refractivity (Wildman–Crippen MR) is 60.3 cm³/mol. The van der Waals surface area contributed by atoms with Crippen molar-refractivity contribution >= 4 is 33.3 Å². The Morgan fingerprint density at radius 3 is 3.00 bits per heavy atom. The van der Waals surface area contributed by atoms with Crippen LogP contribution in [0.1, 0.15) is 0 Å². The van der Waals surface area contributed by atoms with Crippen molar-refractivity contribution in [3.8, 4) is 0 Å². The summed E-state index contributed by atoms with van der Waals surface area (Å²) in [7, 11) is 0. The van der Waals surface area contributed by atoms with Gasteiger partial charge >= 0.3 is 0 Å². The average molecular weight is 230 g/mol. The lowest BCUT2D eigenvalue weighted by atomic mass is 10.3. The molecule has 2 aromatic heterocycles. The van der Waals surface area contributed by atoms with Gasteiger partial charge in [0.05, 0.1) is 11.0 Å². The van der Waals surface area contributed by atoms with E-state index in [9.17, 15) is 0 Å². The highest BCUT2D eigenvalue weighted by Crippen LogP contribution is 2.27. The first-order valence-corrected chi connectivity index (χ1v) is 5.37. The molecule has 2 heterocycles. The molecular weight excluding hydrogens is 224 g/mol. The maximum absolute atomic E-state index is 5.05. The van der Waals surface area contributed by atoms with Gasteiger partial charge in [-0.25, -0.2) is 0 Å². The van der Waals surface area contributed by atoms with Crippen molar-refractivity contribution in [2.75, 3.05) is 0 Å². The van der Waals surface area contributed by atoms with Crippen LogP contribution in [0.5, 0.6) is 0 Å². The first-order chi connectivity index (χ1) is 7.93. The van der Waals surface area contributed by atoms with Crippen molar-refractivity contribution < 1.29 is 4.42 Å². The summed E-state index contributed by atoms with van der Waals surface area (Å²) >= 11 is 1.34. The Hall–Kier alpha value is -2.08. The van der Waals surface area contributed by atoms with Crippen molar-refractivity contribution in [2.24, 2.45) is 10.2 Å². The molecule has 3 aromatic rings. The van der Waals surface area contributed by atoms with E-state index in [0.717, 1.165) is 10.2 Å². The number of fused-ring (bicyclic) bond motifs is 1. The molecule has 1 aromatic carbocycles. The van der Waals surface area contributed by atoms with Gasteiger partial charge in [-0.3, -0.25) is 0 Å². The number of aromatic nitrogens is 2. The Labute approximate surface area is 94.6 Å². The fraction of sp³-hybridized carbons (Fsp3) is 0. The van der Waals surface area contributed by atoms with Gasteiger partial charge in [-0.2, -0.15) is 0 Å². The smallest absolute Gasteiger partial charge is 0.238 e. The van der Waals surface area contributed by atoms with Crippen LogP contribution in [-0.2, 0) is 0 Å². The van der Waals surface area contributed by atoms with Crippen LogP contribution in [0.2, 0.25) is 0 Å². The molecule has 0 unspecified atom stereocenters. The highest BCUT2D eigenvalue weighted by atomic mass is 32.1. The molecular formula is C10H6N4OS. The van der Waals surface area contributed by atoms with Gasteiger partial charge in [0, 0.05) is 6.07 Å². The van der Waals surface area contributed by atoms with E-state index in [0.29, 0.717) is 11.6 Å². The minimum atomic E-state index is 0.472. The van der Waals surface area contributed by atoms with Gasteiger partial charge in [0.1, 0.15) is 11.2 Å². The van der Waals surface area contributed by atoms with E-state index in [1.165, 1.54) is 11.5 Å². The Morgan fingerprint density at radius 1 is 1.12 bits per heavy atom. The number of benzene rings is 1. The summed E-state index contributed by atoms with van der Waals surface area (Å²) in [5, 5.41) is 12.0. The Bertz CT molecular complexity index is 629. The molecule has 0 aliphatic rings. The van der Waals surface area contributed by atoms with Gasteiger partial charge in [0.15, 0.2) is 0 Å². The van der Waals surface area contributed by atoms with Crippen molar-refractivity contribution in [1.29, 1.82) is 0 Å². The molecule has 0 saturated heterocycles. The average Bonchev–Trinajstić information content (AvgIpc) is 2.97. The lowest BCUT2D eigenvalue weighted by Crippen LogP contribution is -1.69. The van der Waals surface area contributed by atoms with Crippen molar-refractivity contribution in [1.82, 2.24) is 9.59 Å². The zero-order chi connectivity index (χ0) is 10.8.